The first-order valence-corrected chi connectivity index (χ1v) is 8.59. The van der Waals surface area contributed by atoms with Gasteiger partial charge in [0, 0.05) is 23.4 Å². The fourth-order valence-electron chi connectivity index (χ4n) is 2.51. The van der Waals surface area contributed by atoms with Gasteiger partial charge in [0.2, 0.25) is 0 Å². The predicted octanol–water partition coefficient (Wildman–Crippen LogP) is 3.86. The molecule has 29 heavy (non-hydrogen) atoms. The largest absolute Gasteiger partial charge is 0.455 e. The van der Waals surface area contributed by atoms with Gasteiger partial charge in [-0.25, -0.2) is 9.82 Å². The number of furan rings is 1. The van der Waals surface area contributed by atoms with Gasteiger partial charge in [-0.3, -0.25) is 14.9 Å². The van der Waals surface area contributed by atoms with Crippen molar-refractivity contribution in [2.24, 2.45) is 5.10 Å². The second-order valence-corrected chi connectivity index (χ2v) is 6.11. The number of nitrogens with zero attached hydrogens (tertiary/aromatic N) is 2. The summed E-state index contributed by atoms with van der Waals surface area (Å²) in [5, 5.41) is 17.6. The third-order valence-corrected chi connectivity index (χ3v) is 4.00. The minimum Gasteiger partial charge on any atom is -0.455 e. The highest BCUT2D eigenvalue weighted by Crippen LogP contribution is 2.28. The second-order valence-electron chi connectivity index (χ2n) is 6.11. The number of hydrazone groups is 1. The maximum absolute atomic E-state index is 12.8. The lowest BCUT2D eigenvalue weighted by Crippen LogP contribution is -2.25. The van der Waals surface area contributed by atoms with E-state index in [0.717, 1.165) is 5.56 Å². The first-order valence-electron chi connectivity index (χ1n) is 8.59. The van der Waals surface area contributed by atoms with Crippen LogP contribution < -0.4 is 10.7 Å². The summed E-state index contributed by atoms with van der Waals surface area (Å²) in [6.45, 7) is 1.78. The van der Waals surface area contributed by atoms with Crippen LogP contribution in [0.5, 0.6) is 0 Å². The Kier molecular flexibility index (Phi) is 5.98. The summed E-state index contributed by atoms with van der Waals surface area (Å²) in [5.74, 6) is 0.0734. The van der Waals surface area contributed by atoms with Crippen LogP contribution in [0.15, 0.2) is 64.1 Å². The standard InChI is InChI=1S/C20H17FN4O4/c1-13-2-7-16(25(27)28)10-18(13)19-9-8-17(29-19)11-23-24-20(26)12-22-15-5-3-14(21)4-6-15/h2-11,22H,12H2,1H3,(H,24,26)/b23-11-. The van der Waals surface area contributed by atoms with Crippen molar-refractivity contribution >= 4 is 23.5 Å². The van der Waals surface area contributed by atoms with Gasteiger partial charge in [-0.1, -0.05) is 6.07 Å². The van der Waals surface area contributed by atoms with Gasteiger partial charge in [-0.05, 0) is 48.9 Å². The molecule has 148 valence electrons. The van der Waals surface area contributed by atoms with Crippen molar-refractivity contribution in [3.63, 3.8) is 0 Å². The molecule has 0 radical (unpaired) electrons. The number of rotatable bonds is 7. The average Bonchev–Trinajstić information content (AvgIpc) is 3.16. The summed E-state index contributed by atoms with van der Waals surface area (Å²) >= 11 is 0. The van der Waals surface area contributed by atoms with Crippen molar-refractivity contribution in [2.45, 2.75) is 6.92 Å². The minimum atomic E-state index is -0.468. The quantitative estimate of drug-likeness (QED) is 0.358. The van der Waals surface area contributed by atoms with Gasteiger partial charge in [0.1, 0.15) is 17.3 Å². The van der Waals surface area contributed by atoms with Crippen LogP contribution in [0.25, 0.3) is 11.3 Å². The number of carbonyl (C=O) groups excluding carboxylic acids is 1. The van der Waals surface area contributed by atoms with Crippen molar-refractivity contribution in [3.8, 4) is 11.3 Å². The molecular weight excluding hydrogens is 379 g/mol. The zero-order valence-corrected chi connectivity index (χ0v) is 15.4. The number of nitrogens with one attached hydrogen (secondary N) is 2. The van der Waals surface area contributed by atoms with E-state index in [9.17, 15) is 19.3 Å². The minimum absolute atomic E-state index is 0.0295. The molecular formula is C20H17FN4O4. The van der Waals surface area contributed by atoms with Crippen LogP contribution in [0.4, 0.5) is 15.8 Å². The molecule has 0 aliphatic rings. The number of nitro benzene ring substituents is 1. The molecule has 9 heteroatoms. The second kappa shape index (κ2) is 8.79. The summed E-state index contributed by atoms with van der Waals surface area (Å²) in [6.07, 6.45) is 1.33. The van der Waals surface area contributed by atoms with Gasteiger partial charge in [-0.15, -0.1) is 0 Å². The first kappa shape index (κ1) is 19.7. The van der Waals surface area contributed by atoms with E-state index in [2.05, 4.69) is 15.8 Å². The zero-order chi connectivity index (χ0) is 20.8. The maximum Gasteiger partial charge on any atom is 0.270 e. The Morgan fingerprint density at radius 1 is 1.21 bits per heavy atom. The number of hydrogen-bond acceptors (Lipinski definition) is 6. The molecule has 0 saturated carbocycles. The summed E-state index contributed by atoms with van der Waals surface area (Å²) in [4.78, 5) is 22.3. The number of halogens is 1. The normalized spacial score (nSPS) is 10.8. The molecule has 0 fully saturated rings. The Hall–Kier alpha value is -4.01. The lowest BCUT2D eigenvalue weighted by Gasteiger charge is -2.04. The fourth-order valence-corrected chi connectivity index (χ4v) is 2.51. The van der Waals surface area contributed by atoms with Crippen molar-refractivity contribution in [1.82, 2.24) is 5.43 Å². The highest BCUT2D eigenvalue weighted by atomic mass is 19.1. The molecule has 3 aromatic rings. The molecule has 1 amide bonds. The van der Waals surface area contributed by atoms with Crippen LogP contribution in [0.2, 0.25) is 0 Å². The highest BCUT2D eigenvalue weighted by Gasteiger charge is 2.13. The number of carbonyl (C=O) groups is 1. The Bertz CT molecular complexity index is 1060. The Morgan fingerprint density at radius 3 is 2.69 bits per heavy atom. The third-order valence-electron chi connectivity index (χ3n) is 4.00. The molecule has 0 unspecified atom stereocenters. The molecule has 0 spiro atoms. The molecule has 2 aromatic carbocycles. The lowest BCUT2D eigenvalue weighted by atomic mass is 10.1. The zero-order valence-electron chi connectivity index (χ0n) is 15.4. The van der Waals surface area contributed by atoms with E-state index >= 15 is 0 Å². The fraction of sp³-hybridized carbons (Fsp3) is 0.100. The summed E-state index contributed by atoms with van der Waals surface area (Å²) in [6, 6.07) is 13.4. The summed E-state index contributed by atoms with van der Waals surface area (Å²) < 4.78 is 18.5. The van der Waals surface area contributed by atoms with E-state index in [0.29, 0.717) is 22.8 Å². The number of nitro groups is 1. The first-order chi connectivity index (χ1) is 13.9. The number of aryl methyl sites for hydroxylation is 1. The molecule has 1 aromatic heterocycles. The Morgan fingerprint density at radius 2 is 1.97 bits per heavy atom. The van der Waals surface area contributed by atoms with Crippen LogP contribution in [0, 0.1) is 22.9 Å². The van der Waals surface area contributed by atoms with Crippen molar-refractivity contribution < 1.29 is 18.5 Å². The molecule has 0 atom stereocenters. The van der Waals surface area contributed by atoms with E-state index in [1.54, 1.807) is 18.2 Å². The highest BCUT2D eigenvalue weighted by molar-refractivity contribution is 5.83. The van der Waals surface area contributed by atoms with Gasteiger partial charge >= 0.3 is 0 Å². The Balaban J connectivity index is 1.58. The van der Waals surface area contributed by atoms with Crippen molar-refractivity contribution in [1.29, 1.82) is 0 Å². The van der Waals surface area contributed by atoms with Gasteiger partial charge in [0.15, 0.2) is 0 Å². The molecule has 1 heterocycles. The number of amides is 1. The van der Waals surface area contributed by atoms with E-state index < -0.39 is 10.8 Å². The van der Waals surface area contributed by atoms with Crippen LogP contribution in [-0.4, -0.2) is 23.6 Å². The molecule has 0 bridgehead atoms. The number of hydrogen-bond donors (Lipinski definition) is 2. The van der Waals surface area contributed by atoms with Crippen LogP contribution in [0.3, 0.4) is 0 Å². The topological polar surface area (TPSA) is 110 Å². The third kappa shape index (κ3) is 5.25. The summed E-state index contributed by atoms with van der Waals surface area (Å²) in [5.41, 5.74) is 4.35. The van der Waals surface area contributed by atoms with E-state index in [1.807, 2.05) is 6.92 Å². The van der Waals surface area contributed by atoms with Gasteiger partial charge in [0.05, 0.1) is 17.7 Å². The van der Waals surface area contributed by atoms with Crippen LogP contribution >= 0.6 is 0 Å². The number of benzene rings is 2. The van der Waals surface area contributed by atoms with Crippen LogP contribution in [-0.2, 0) is 4.79 Å². The summed E-state index contributed by atoms with van der Waals surface area (Å²) in [7, 11) is 0. The molecule has 2 N–H and O–H groups in total. The van der Waals surface area contributed by atoms with Crippen LogP contribution in [0.1, 0.15) is 11.3 Å². The average molecular weight is 396 g/mol. The van der Waals surface area contributed by atoms with Gasteiger partial charge < -0.3 is 9.73 Å². The van der Waals surface area contributed by atoms with Gasteiger partial charge in [-0.2, -0.15) is 5.10 Å². The lowest BCUT2D eigenvalue weighted by molar-refractivity contribution is -0.384. The van der Waals surface area contributed by atoms with Gasteiger partial charge in [0.25, 0.3) is 11.6 Å². The molecule has 8 nitrogen and oxygen atoms in total. The predicted molar refractivity (Wildman–Crippen MR) is 106 cm³/mol. The number of non-ortho nitro benzene ring substituents is 1. The van der Waals surface area contributed by atoms with Crippen molar-refractivity contribution in [2.75, 3.05) is 11.9 Å². The molecule has 0 aliphatic carbocycles. The Labute approximate surface area is 165 Å². The van der Waals surface area contributed by atoms with E-state index in [1.165, 1.54) is 42.6 Å². The smallest absolute Gasteiger partial charge is 0.270 e. The maximum atomic E-state index is 12.8. The molecule has 0 aliphatic heterocycles. The van der Waals surface area contributed by atoms with E-state index in [-0.39, 0.29) is 18.0 Å². The molecule has 3 rings (SSSR count). The SMILES string of the molecule is Cc1ccc([N+](=O)[O-])cc1-c1ccc(/C=N\NC(=O)CNc2ccc(F)cc2)o1. The van der Waals surface area contributed by atoms with E-state index in [4.69, 9.17) is 4.42 Å². The number of anilines is 1. The monoisotopic (exact) mass is 396 g/mol. The van der Waals surface area contributed by atoms with Crippen molar-refractivity contribution in [3.05, 3.63) is 81.9 Å². The molecule has 0 saturated heterocycles.